The Kier molecular flexibility index (Phi) is 9.30. The van der Waals surface area contributed by atoms with Crippen molar-refractivity contribution in [1.82, 2.24) is 21.3 Å². The topological polar surface area (TPSA) is 150 Å². The summed E-state index contributed by atoms with van der Waals surface area (Å²) in [4.78, 5) is 48.4. The molecule has 0 unspecified atom stereocenters. The number of hydrogen-bond donors (Lipinski definition) is 5. The molecule has 5 N–H and O–H groups in total. The van der Waals surface area contributed by atoms with E-state index in [9.17, 15) is 24.3 Å². The maximum atomic E-state index is 12.7. The molecular weight excluding hydrogens is 499 g/mol. The minimum absolute atomic E-state index is 0.0197. The summed E-state index contributed by atoms with van der Waals surface area (Å²) in [6.45, 7) is 0.500. The lowest BCUT2D eigenvalue weighted by Gasteiger charge is -2.18. The Morgan fingerprint density at radius 2 is 1.94 bits per heavy atom. The number of aliphatic carboxylic acids is 1. The van der Waals surface area contributed by atoms with Crippen LogP contribution in [0.3, 0.4) is 0 Å². The highest BCUT2D eigenvalue weighted by Gasteiger charge is 2.27. The van der Waals surface area contributed by atoms with Crippen molar-refractivity contribution in [2.75, 3.05) is 13.1 Å². The first-order valence-corrected chi connectivity index (χ1v) is 11.5. The number of halogens is 2. The molecule has 1 aliphatic heterocycles. The summed E-state index contributed by atoms with van der Waals surface area (Å²) in [7, 11) is 0. The molecule has 1 aliphatic rings. The van der Waals surface area contributed by atoms with Crippen LogP contribution < -0.4 is 21.3 Å². The number of carbonyl (C=O) groups is 4. The summed E-state index contributed by atoms with van der Waals surface area (Å²) in [6.07, 6.45) is 5.82. The molecular formula is C23H24Cl2N4O6. The van der Waals surface area contributed by atoms with Crippen molar-refractivity contribution in [2.45, 2.75) is 31.5 Å². The van der Waals surface area contributed by atoms with Crippen LogP contribution in [0.2, 0.25) is 10.0 Å². The maximum absolute atomic E-state index is 12.7. The Balaban J connectivity index is 1.58. The molecule has 1 aromatic heterocycles. The van der Waals surface area contributed by atoms with Crippen LogP contribution in [0.1, 0.15) is 34.5 Å². The number of carboxylic acid groups (broad SMARTS) is 1. The number of nitrogens with one attached hydrogen (secondary N) is 4. The molecule has 3 rings (SSSR count). The molecule has 0 saturated carbocycles. The van der Waals surface area contributed by atoms with Gasteiger partial charge in [-0.25, -0.2) is 4.79 Å². The normalized spacial score (nSPS) is 16.1. The quantitative estimate of drug-likeness (QED) is 0.299. The van der Waals surface area contributed by atoms with Gasteiger partial charge in [-0.1, -0.05) is 23.2 Å². The number of hydrogen-bond acceptors (Lipinski definition) is 6. The van der Waals surface area contributed by atoms with Gasteiger partial charge < -0.3 is 30.8 Å². The van der Waals surface area contributed by atoms with Crippen LogP contribution in [-0.2, 0) is 20.9 Å². The van der Waals surface area contributed by atoms with Crippen molar-refractivity contribution in [2.24, 2.45) is 0 Å². The second kappa shape index (κ2) is 12.4. The molecule has 186 valence electrons. The van der Waals surface area contributed by atoms with Gasteiger partial charge in [0.1, 0.15) is 11.8 Å². The molecule has 2 aromatic rings. The molecule has 10 nitrogen and oxygen atoms in total. The molecule has 1 aromatic carbocycles. The molecule has 0 radical (unpaired) electrons. The van der Waals surface area contributed by atoms with Gasteiger partial charge in [0.15, 0.2) is 0 Å². The number of carboxylic acids is 1. The highest BCUT2D eigenvalue weighted by atomic mass is 35.5. The van der Waals surface area contributed by atoms with E-state index in [1.807, 2.05) is 0 Å². The summed E-state index contributed by atoms with van der Waals surface area (Å²) < 4.78 is 5.11. The fourth-order valence-corrected chi connectivity index (χ4v) is 4.11. The first kappa shape index (κ1) is 26.3. The molecule has 1 saturated heterocycles. The first-order chi connectivity index (χ1) is 16.7. The number of benzene rings is 1. The van der Waals surface area contributed by atoms with Crippen LogP contribution in [0, 0.1) is 0 Å². The van der Waals surface area contributed by atoms with E-state index in [0.717, 1.165) is 13.0 Å². The summed E-state index contributed by atoms with van der Waals surface area (Å²) in [5, 5.41) is 19.9. The number of rotatable bonds is 10. The molecule has 0 bridgehead atoms. The zero-order chi connectivity index (χ0) is 25.4. The smallest absolute Gasteiger partial charge is 0.328 e. The molecule has 35 heavy (non-hydrogen) atoms. The second-order valence-corrected chi connectivity index (χ2v) is 8.57. The summed E-state index contributed by atoms with van der Waals surface area (Å²) in [5.41, 5.74) is 0.415. The molecule has 1 fully saturated rings. The first-order valence-electron chi connectivity index (χ1n) is 10.8. The van der Waals surface area contributed by atoms with Crippen molar-refractivity contribution < 1.29 is 28.7 Å². The van der Waals surface area contributed by atoms with E-state index in [-0.39, 0.29) is 46.6 Å². The number of furan rings is 1. The second-order valence-electron chi connectivity index (χ2n) is 7.76. The van der Waals surface area contributed by atoms with Crippen LogP contribution in [0.5, 0.6) is 0 Å². The van der Waals surface area contributed by atoms with Gasteiger partial charge in [0.05, 0.1) is 27.9 Å². The molecule has 2 heterocycles. The van der Waals surface area contributed by atoms with Gasteiger partial charge >= 0.3 is 5.97 Å². The monoisotopic (exact) mass is 522 g/mol. The van der Waals surface area contributed by atoms with Gasteiger partial charge in [-0.2, -0.15) is 0 Å². The predicted molar refractivity (Wildman–Crippen MR) is 129 cm³/mol. The highest BCUT2D eigenvalue weighted by Crippen LogP contribution is 2.27. The molecule has 12 heteroatoms. The molecule has 0 aliphatic carbocycles. The van der Waals surface area contributed by atoms with Gasteiger partial charge in [-0.05, 0) is 55.3 Å². The van der Waals surface area contributed by atoms with Crippen LogP contribution in [0.15, 0.2) is 41.0 Å². The third-order valence-corrected chi connectivity index (χ3v) is 5.79. The Hall–Kier alpha value is -3.34. The van der Waals surface area contributed by atoms with Crippen molar-refractivity contribution in [3.63, 3.8) is 0 Å². The SMILES string of the molecule is O=C(/C=C/c1ccco1)NCc1cc(Cl)c(C(=O)N[C@@H](CNC(=O)[C@@H]2CCCN2)C(=O)O)c(Cl)c1. The van der Waals surface area contributed by atoms with Gasteiger partial charge in [0.25, 0.3) is 5.91 Å². The average Bonchev–Trinajstić information content (AvgIpc) is 3.52. The third kappa shape index (κ3) is 7.57. The van der Waals surface area contributed by atoms with E-state index >= 15 is 0 Å². The van der Waals surface area contributed by atoms with Crippen LogP contribution in [0.25, 0.3) is 6.08 Å². The van der Waals surface area contributed by atoms with Crippen molar-refractivity contribution in [1.29, 1.82) is 0 Å². The molecule has 2 atom stereocenters. The molecule has 0 spiro atoms. The Bertz CT molecular complexity index is 1090. The minimum Gasteiger partial charge on any atom is -0.480 e. The maximum Gasteiger partial charge on any atom is 0.328 e. The summed E-state index contributed by atoms with van der Waals surface area (Å²) in [5.74, 6) is -2.32. The molecule has 3 amide bonds. The van der Waals surface area contributed by atoms with Crippen molar-refractivity contribution in [3.05, 3.63) is 63.5 Å². The summed E-state index contributed by atoms with van der Waals surface area (Å²) in [6, 6.07) is 4.52. The Morgan fingerprint density at radius 3 is 2.54 bits per heavy atom. The Morgan fingerprint density at radius 1 is 1.20 bits per heavy atom. The zero-order valence-corrected chi connectivity index (χ0v) is 20.0. The zero-order valence-electron chi connectivity index (χ0n) is 18.5. The average molecular weight is 523 g/mol. The lowest BCUT2D eigenvalue weighted by atomic mass is 10.1. The predicted octanol–water partition coefficient (Wildman–Crippen LogP) is 1.97. The van der Waals surface area contributed by atoms with E-state index in [0.29, 0.717) is 17.7 Å². The fraction of sp³-hybridized carbons (Fsp3) is 0.304. The van der Waals surface area contributed by atoms with Crippen LogP contribution >= 0.6 is 23.2 Å². The lowest BCUT2D eigenvalue weighted by molar-refractivity contribution is -0.139. The van der Waals surface area contributed by atoms with E-state index < -0.39 is 17.9 Å². The minimum atomic E-state index is -1.39. The van der Waals surface area contributed by atoms with E-state index in [1.165, 1.54) is 30.5 Å². The standard InChI is InChI=1S/C23H24Cl2N4O6/c24-15-9-13(11-27-19(30)6-5-14-3-2-8-35-14)10-16(25)20(15)22(32)29-18(23(33)34)12-28-21(31)17-4-1-7-26-17/h2-3,5-6,8-10,17-18,26H,1,4,7,11-12H2,(H,27,30)(H,28,31)(H,29,32)(H,33,34)/b6-5+/t17-,18-/m0/s1. The van der Waals surface area contributed by atoms with E-state index in [2.05, 4.69) is 21.3 Å². The van der Waals surface area contributed by atoms with Gasteiger partial charge in [-0.15, -0.1) is 0 Å². The van der Waals surface area contributed by atoms with E-state index in [4.69, 9.17) is 27.6 Å². The van der Waals surface area contributed by atoms with Crippen molar-refractivity contribution >= 4 is 53.0 Å². The van der Waals surface area contributed by atoms with Gasteiger partial charge in [-0.3, -0.25) is 14.4 Å². The van der Waals surface area contributed by atoms with Crippen molar-refractivity contribution in [3.8, 4) is 0 Å². The van der Waals surface area contributed by atoms with Crippen LogP contribution in [-0.4, -0.2) is 54.0 Å². The lowest BCUT2D eigenvalue weighted by Crippen LogP contribution is -2.51. The Labute approximate surface area is 211 Å². The largest absolute Gasteiger partial charge is 0.480 e. The summed E-state index contributed by atoms with van der Waals surface area (Å²) >= 11 is 12.5. The van der Waals surface area contributed by atoms with Crippen LogP contribution in [0.4, 0.5) is 0 Å². The third-order valence-electron chi connectivity index (χ3n) is 5.20. The fourth-order valence-electron chi connectivity index (χ4n) is 3.40. The highest BCUT2D eigenvalue weighted by molar-refractivity contribution is 6.39. The van der Waals surface area contributed by atoms with E-state index in [1.54, 1.807) is 12.1 Å². The number of amides is 3. The number of carbonyl (C=O) groups excluding carboxylic acids is 3. The van der Waals surface area contributed by atoms with Gasteiger partial charge in [0.2, 0.25) is 11.8 Å². The van der Waals surface area contributed by atoms with Gasteiger partial charge in [0, 0.05) is 19.2 Å².